The Morgan fingerprint density at radius 2 is 1.90 bits per heavy atom. The van der Waals surface area contributed by atoms with Crippen molar-refractivity contribution in [3.8, 4) is 0 Å². The molecule has 1 amide bonds. The van der Waals surface area contributed by atoms with Gasteiger partial charge < -0.3 is 10.6 Å². The molecule has 0 radical (unpaired) electrons. The molecular formula is C15H27F3N2O. The maximum absolute atomic E-state index is 13.1. The lowest BCUT2D eigenvalue weighted by atomic mass is 9.78. The van der Waals surface area contributed by atoms with Crippen LogP contribution in [0.2, 0.25) is 0 Å². The molecule has 2 atom stereocenters. The predicted molar refractivity (Wildman–Crippen MR) is 76.6 cm³/mol. The summed E-state index contributed by atoms with van der Waals surface area (Å²) in [6.45, 7) is 5.32. The Labute approximate surface area is 125 Å². The van der Waals surface area contributed by atoms with Gasteiger partial charge in [0.1, 0.15) is 0 Å². The van der Waals surface area contributed by atoms with E-state index < -0.39 is 18.0 Å². The first-order chi connectivity index (χ1) is 9.77. The number of carbonyl (C=O) groups is 1. The lowest BCUT2D eigenvalue weighted by Crippen LogP contribution is -2.46. The number of rotatable bonds is 6. The van der Waals surface area contributed by atoms with Crippen LogP contribution in [-0.2, 0) is 4.79 Å². The number of carbonyl (C=O) groups excluding carboxylic acids is 1. The van der Waals surface area contributed by atoms with E-state index in [0.717, 1.165) is 0 Å². The predicted octanol–water partition coefficient (Wildman–Crippen LogP) is 3.19. The first kappa shape index (κ1) is 18.3. The molecule has 1 saturated carbocycles. The minimum absolute atomic E-state index is 0.0757. The number of alkyl halides is 3. The summed E-state index contributed by atoms with van der Waals surface area (Å²) in [6, 6.07) is 0. The van der Waals surface area contributed by atoms with E-state index in [1.54, 1.807) is 4.90 Å². The second kappa shape index (κ2) is 8.01. The largest absolute Gasteiger partial charge is 0.392 e. The van der Waals surface area contributed by atoms with Gasteiger partial charge in [-0.1, -0.05) is 26.7 Å². The number of amides is 1. The quantitative estimate of drug-likeness (QED) is 0.819. The molecule has 1 aliphatic rings. The van der Waals surface area contributed by atoms with Gasteiger partial charge in [-0.05, 0) is 31.7 Å². The van der Waals surface area contributed by atoms with Gasteiger partial charge in [-0.15, -0.1) is 0 Å². The van der Waals surface area contributed by atoms with Gasteiger partial charge in [0, 0.05) is 19.0 Å². The monoisotopic (exact) mass is 308 g/mol. The standard InChI is InChI=1S/C15H27F3N2O/c1-11(2)10-20(9-5-8-19)14(21)12-6-3-4-7-13(12)15(16,17)18/h11-13H,3-10,19H2,1-2H3. The summed E-state index contributed by atoms with van der Waals surface area (Å²) in [5, 5.41) is 0. The van der Waals surface area contributed by atoms with Crippen molar-refractivity contribution in [2.75, 3.05) is 19.6 Å². The minimum Gasteiger partial charge on any atom is -0.342 e. The van der Waals surface area contributed by atoms with E-state index in [1.807, 2.05) is 13.8 Å². The fourth-order valence-electron chi connectivity index (χ4n) is 3.07. The highest BCUT2D eigenvalue weighted by molar-refractivity contribution is 5.79. The zero-order valence-electron chi connectivity index (χ0n) is 13.0. The Hall–Kier alpha value is -0.780. The number of halogens is 3. The molecule has 0 aromatic rings. The molecule has 1 rings (SSSR count). The summed E-state index contributed by atoms with van der Waals surface area (Å²) < 4.78 is 39.4. The Balaban J connectivity index is 2.83. The Kier molecular flexibility index (Phi) is 6.97. The summed E-state index contributed by atoms with van der Waals surface area (Å²) in [4.78, 5) is 14.2. The van der Waals surface area contributed by atoms with Gasteiger partial charge in [0.15, 0.2) is 0 Å². The van der Waals surface area contributed by atoms with Gasteiger partial charge in [-0.25, -0.2) is 0 Å². The van der Waals surface area contributed by atoms with Crippen LogP contribution in [0.25, 0.3) is 0 Å². The highest BCUT2D eigenvalue weighted by Crippen LogP contribution is 2.42. The lowest BCUT2D eigenvalue weighted by molar-refractivity contribution is -0.201. The van der Waals surface area contributed by atoms with E-state index in [-0.39, 0.29) is 18.2 Å². The molecule has 0 saturated heterocycles. The zero-order chi connectivity index (χ0) is 16.0. The molecule has 0 aliphatic heterocycles. The third-order valence-electron chi connectivity index (χ3n) is 4.03. The Bertz CT molecular complexity index is 331. The van der Waals surface area contributed by atoms with Gasteiger partial charge in [0.05, 0.1) is 5.92 Å². The smallest absolute Gasteiger partial charge is 0.342 e. The molecule has 6 heteroatoms. The van der Waals surface area contributed by atoms with E-state index in [9.17, 15) is 18.0 Å². The van der Waals surface area contributed by atoms with Crippen molar-refractivity contribution in [2.24, 2.45) is 23.5 Å². The van der Waals surface area contributed by atoms with Crippen LogP contribution in [-0.4, -0.2) is 36.6 Å². The first-order valence-corrected chi connectivity index (χ1v) is 7.83. The second-order valence-corrected chi connectivity index (χ2v) is 6.36. The molecule has 2 N–H and O–H groups in total. The van der Waals surface area contributed by atoms with Gasteiger partial charge in [-0.3, -0.25) is 4.79 Å². The molecule has 0 spiro atoms. The van der Waals surface area contributed by atoms with Crippen LogP contribution in [0.15, 0.2) is 0 Å². The molecular weight excluding hydrogens is 281 g/mol. The zero-order valence-corrected chi connectivity index (χ0v) is 13.0. The van der Waals surface area contributed by atoms with Gasteiger partial charge in [-0.2, -0.15) is 13.2 Å². The van der Waals surface area contributed by atoms with Gasteiger partial charge >= 0.3 is 6.18 Å². The fourth-order valence-corrected chi connectivity index (χ4v) is 3.07. The summed E-state index contributed by atoms with van der Waals surface area (Å²) in [6.07, 6.45) is -1.97. The summed E-state index contributed by atoms with van der Waals surface area (Å²) >= 11 is 0. The van der Waals surface area contributed by atoms with Crippen molar-refractivity contribution in [2.45, 2.75) is 52.1 Å². The van der Waals surface area contributed by atoms with Crippen molar-refractivity contribution in [1.29, 1.82) is 0 Å². The third-order valence-corrected chi connectivity index (χ3v) is 4.03. The Morgan fingerprint density at radius 3 is 2.43 bits per heavy atom. The molecule has 0 heterocycles. The van der Waals surface area contributed by atoms with Crippen molar-refractivity contribution in [3.63, 3.8) is 0 Å². The molecule has 1 aliphatic carbocycles. The summed E-state index contributed by atoms with van der Waals surface area (Å²) in [5.41, 5.74) is 5.46. The van der Waals surface area contributed by atoms with Crippen molar-refractivity contribution < 1.29 is 18.0 Å². The van der Waals surface area contributed by atoms with Crippen LogP contribution in [0, 0.1) is 17.8 Å². The number of nitrogens with two attached hydrogens (primary N) is 1. The van der Waals surface area contributed by atoms with E-state index in [1.165, 1.54) is 0 Å². The number of hydrogen-bond acceptors (Lipinski definition) is 2. The van der Waals surface area contributed by atoms with E-state index >= 15 is 0 Å². The van der Waals surface area contributed by atoms with Crippen LogP contribution in [0.1, 0.15) is 46.0 Å². The van der Waals surface area contributed by atoms with Crippen LogP contribution < -0.4 is 5.73 Å². The van der Waals surface area contributed by atoms with Gasteiger partial charge in [0.2, 0.25) is 5.91 Å². The second-order valence-electron chi connectivity index (χ2n) is 6.36. The van der Waals surface area contributed by atoms with Gasteiger partial charge in [0.25, 0.3) is 0 Å². The third kappa shape index (κ3) is 5.49. The average Bonchev–Trinajstić information content (AvgIpc) is 2.41. The van der Waals surface area contributed by atoms with Crippen molar-refractivity contribution in [1.82, 2.24) is 4.90 Å². The highest BCUT2D eigenvalue weighted by Gasteiger charge is 2.48. The van der Waals surface area contributed by atoms with Crippen molar-refractivity contribution in [3.05, 3.63) is 0 Å². The molecule has 0 aromatic carbocycles. The summed E-state index contributed by atoms with van der Waals surface area (Å²) in [5.74, 6) is -2.49. The van der Waals surface area contributed by atoms with Crippen LogP contribution in [0.5, 0.6) is 0 Å². The molecule has 21 heavy (non-hydrogen) atoms. The first-order valence-electron chi connectivity index (χ1n) is 7.83. The van der Waals surface area contributed by atoms with Crippen LogP contribution in [0.3, 0.4) is 0 Å². The van der Waals surface area contributed by atoms with Crippen LogP contribution >= 0.6 is 0 Å². The SMILES string of the molecule is CC(C)CN(CCCN)C(=O)C1CCCCC1C(F)(F)F. The number of hydrogen-bond donors (Lipinski definition) is 1. The summed E-state index contributed by atoms with van der Waals surface area (Å²) in [7, 11) is 0. The highest BCUT2D eigenvalue weighted by atomic mass is 19.4. The van der Waals surface area contributed by atoms with Crippen molar-refractivity contribution >= 4 is 5.91 Å². The molecule has 1 fully saturated rings. The fraction of sp³-hybridized carbons (Fsp3) is 0.933. The molecule has 3 nitrogen and oxygen atoms in total. The topological polar surface area (TPSA) is 46.3 Å². The van der Waals surface area contributed by atoms with E-state index in [2.05, 4.69) is 0 Å². The molecule has 0 aromatic heterocycles. The maximum atomic E-state index is 13.1. The molecule has 0 bridgehead atoms. The number of nitrogens with zero attached hydrogens (tertiary/aromatic N) is 1. The molecule has 124 valence electrons. The lowest BCUT2D eigenvalue weighted by Gasteiger charge is -2.36. The van der Waals surface area contributed by atoms with E-state index in [4.69, 9.17) is 5.73 Å². The Morgan fingerprint density at radius 1 is 1.29 bits per heavy atom. The molecule has 2 unspecified atom stereocenters. The van der Waals surface area contributed by atoms with E-state index in [0.29, 0.717) is 45.3 Å². The maximum Gasteiger partial charge on any atom is 0.392 e. The normalized spacial score (nSPS) is 23.4. The average molecular weight is 308 g/mol. The van der Waals surface area contributed by atoms with Crippen LogP contribution in [0.4, 0.5) is 13.2 Å². The minimum atomic E-state index is -4.28.